The molecular weight excluding hydrogens is 386 g/mol. The van der Waals surface area contributed by atoms with Crippen molar-refractivity contribution in [3.05, 3.63) is 113 Å². The first-order valence-corrected chi connectivity index (χ1v) is 9.95. The van der Waals surface area contributed by atoms with Gasteiger partial charge >= 0.3 is 0 Å². The Morgan fingerprint density at radius 2 is 1.77 bits per heavy atom. The van der Waals surface area contributed by atoms with Crippen LogP contribution in [-0.2, 0) is 6.54 Å². The molecule has 0 spiro atoms. The van der Waals surface area contributed by atoms with Gasteiger partial charge in [-0.3, -0.25) is 14.5 Å². The number of aromatic amines is 1. The molecule has 2 aromatic carbocycles. The maximum Gasteiger partial charge on any atom is 0.259 e. The Kier molecular flexibility index (Phi) is 4.94. The van der Waals surface area contributed by atoms with Gasteiger partial charge in [-0.15, -0.1) is 0 Å². The van der Waals surface area contributed by atoms with Crippen LogP contribution in [0.3, 0.4) is 0 Å². The Hall–Kier alpha value is -4.32. The Balaban J connectivity index is 1.53. The minimum absolute atomic E-state index is 0.160. The molecule has 0 atom stereocenters. The molecule has 0 aliphatic rings. The van der Waals surface area contributed by atoms with E-state index in [1.54, 1.807) is 18.3 Å². The zero-order chi connectivity index (χ0) is 21.0. The number of hydrogen-bond donors (Lipinski definition) is 1. The van der Waals surface area contributed by atoms with Crippen molar-refractivity contribution in [3.63, 3.8) is 0 Å². The maximum atomic E-state index is 12.3. The van der Waals surface area contributed by atoms with Crippen molar-refractivity contribution < 1.29 is 0 Å². The second-order valence-electron chi connectivity index (χ2n) is 7.15. The van der Waals surface area contributed by atoms with E-state index in [9.17, 15) is 4.79 Å². The summed E-state index contributed by atoms with van der Waals surface area (Å²) in [4.78, 5) is 24.0. The summed E-state index contributed by atoms with van der Waals surface area (Å²) in [7, 11) is 0. The number of rotatable bonds is 5. The van der Waals surface area contributed by atoms with Crippen LogP contribution in [0.25, 0.3) is 34.2 Å². The third kappa shape index (κ3) is 4.04. The minimum atomic E-state index is -0.160. The molecule has 150 valence electrons. The van der Waals surface area contributed by atoms with Gasteiger partial charge in [-0.2, -0.15) is 5.10 Å². The molecule has 3 aromatic heterocycles. The molecule has 0 bridgehead atoms. The molecule has 3 heterocycles. The zero-order valence-electron chi connectivity index (χ0n) is 16.6. The first kappa shape index (κ1) is 18.7. The number of H-pyrrole nitrogens is 1. The number of fused-ring (bicyclic) bond motifs is 1. The largest absolute Gasteiger partial charge is 0.306 e. The number of aromatic nitrogens is 5. The van der Waals surface area contributed by atoms with Gasteiger partial charge in [0.25, 0.3) is 5.56 Å². The first-order chi connectivity index (χ1) is 15.3. The summed E-state index contributed by atoms with van der Waals surface area (Å²) in [5, 5.41) is 5.34. The average molecular weight is 405 g/mol. The van der Waals surface area contributed by atoms with Crippen LogP contribution in [0.1, 0.15) is 17.1 Å². The third-order valence-corrected chi connectivity index (χ3v) is 4.98. The van der Waals surface area contributed by atoms with Gasteiger partial charge in [0.2, 0.25) is 0 Å². The standard InChI is InChI=1S/C25H19N5O/c31-25-20-10-4-5-11-22(20)27-24(28-25)13-12-23-21(19-9-6-14-26-15-19)17-30(29-23)16-18-7-2-1-3-8-18/h1-15,17H,16H2,(H,27,28,31)/b13-12+. The highest BCUT2D eigenvalue weighted by Gasteiger charge is 2.10. The van der Waals surface area contributed by atoms with Crippen molar-refractivity contribution in [2.24, 2.45) is 0 Å². The van der Waals surface area contributed by atoms with E-state index in [0.717, 1.165) is 16.8 Å². The van der Waals surface area contributed by atoms with Crippen LogP contribution >= 0.6 is 0 Å². The summed E-state index contributed by atoms with van der Waals surface area (Å²) < 4.78 is 1.91. The van der Waals surface area contributed by atoms with Gasteiger partial charge in [-0.1, -0.05) is 48.5 Å². The van der Waals surface area contributed by atoms with E-state index in [-0.39, 0.29) is 5.56 Å². The summed E-state index contributed by atoms with van der Waals surface area (Å²) in [6.45, 7) is 0.660. The summed E-state index contributed by atoms with van der Waals surface area (Å²) in [5.41, 5.74) is 4.38. The summed E-state index contributed by atoms with van der Waals surface area (Å²) in [6.07, 6.45) is 9.23. The van der Waals surface area contributed by atoms with Crippen molar-refractivity contribution in [2.45, 2.75) is 6.54 Å². The van der Waals surface area contributed by atoms with Crippen molar-refractivity contribution in [1.82, 2.24) is 24.7 Å². The average Bonchev–Trinajstić information content (AvgIpc) is 3.21. The lowest BCUT2D eigenvalue weighted by Gasteiger charge is -2.00. The van der Waals surface area contributed by atoms with Crippen molar-refractivity contribution >= 4 is 23.1 Å². The van der Waals surface area contributed by atoms with Crippen LogP contribution in [0.2, 0.25) is 0 Å². The Bertz CT molecular complexity index is 1420. The number of benzene rings is 2. The maximum absolute atomic E-state index is 12.3. The van der Waals surface area contributed by atoms with Crippen LogP contribution in [0, 0.1) is 0 Å². The van der Waals surface area contributed by atoms with E-state index in [2.05, 4.69) is 27.1 Å². The number of nitrogens with one attached hydrogen (secondary N) is 1. The lowest BCUT2D eigenvalue weighted by atomic mass is 10.1. The van der Waals surface area contributed by atoms with Crippen molar-refractivity contribution in [3.8, 4) is 11.1 Å². The highest BCUT2D eigenvalue weighted by molar-refractivity contribution is 5.80. The van der Waals surface area contributed by atoms with E-state index in [0.29, 0.717) is 23.3 Å². The van der Waals surface area contributed by atoms with Crippen molar-refractivity contribution in [2.75, 3.05) is 0 Å². The molecule has 6 nitrogen and oxygen atoms in total. The van der Waals surface area contributed by atoms with Gasteiger partial charge in [0.1, 0.15) is 5.82 Å². The van der Waals surface area contributed by atoms with Gasteiger partial charge in [-0.05, 0) is 35.9 Å². The van der Waals surface area contributed by atoms with Gasteiger partial charge in [0.05, 0.1) is 23.1 Å². The van der Waals surface area contributed by atoms with Crippen LogP contribution in [-0.4, -0.2) is 24.7 Å². The molecule has 0 amide bonds. The molecule has 5 aromatic rings. The summed E-state index contributed by atoms with van der Waals surface area (Å²) >= 11 is 0. The van der Waals surface area contributed by atoms with Gasteiger partial charge in [0, 0.05) is 29.7 Å². The lowest BCUT2D eigenvalue weighted by molar-refractivity contribution is 0.685. The molecular formula is C25H19N5O. The van der Waals surface area contributed by atoms with Crippen LogP contribution in [0.15, 0.2) is 90.1 Å². The summed E-state index contributed by atoms with van der Waals surface area (Å²) in [6, 6.07) is 21.4. The number of pyridine rings is 1. The molecule has 0 fully saturated rings. The van der Waals surface area contributed by atoms with Gasteiger partial charge in [0.15, 0.2) is 0 Å². The topological polar surface area (TPSA) is 76.5 Å². The quantitative estimate of drug-likeness (QED) is 0.470. The van der Waals surface area contributed by atoms with Crippen LogP contribution < -0.4 is 5.56 Å². The van der Waals surface area contributed by atoms with Gasteiger partial charge in [-0.25, -0.2) is 4.98 Å². The Morgan fingerprint density at radius 1 is 0.935 bits per heavy atom. The molecule has 5 rings (SSSR count). The van der Waals surface area contributed by atoms with Gasteiger partial charge < -0.3 is 4.98 Å². The zero-order valence-corrected chi connectivity index (χ0v) is 16.6. The molecule has 0 saturated carbocycles. The highest BCUT2D eigenvalue weighted by atomic mass is 16.1. The van der Waals surface area contributed by atoms with E-state index < -0.39 is 0 Å². The normalized spacial score (nSPS) is 11.4. The molecule has 6 heteroatoms. The lowest BCUT2D eigenvalue weighted by Crippen LogP contribution is -2.09. The molecule has 0 aliphatic carbocycles. The molecule has 0 aliphatic heterocycles. The molecule has 31 heavy (non-hydrogen) atoms. The number of nitrogens with zero attached hydrogens (tertiary/aromatic N) is 4. The number of para-hydroxylation sites is 1. The monoisotopic (exact) mass is 405 g/mol. The van der Waals surface area contributed by atoms with Crippen LogP contribution in [0.5, 0.6) is 0 Å². The van der Waals surface area contributed by atoms with E-state index >= 15 is 0 Å². The smallest absolute Gasteiger partial charge is 0.259 e. The van der Waals surface area contributed by atoms with Crippen LogP contribution in [0.4, 0.5) is 0 Å². The Morgan fingerprint density at radius 3 is 2.61 bits per heavy atom. The second kappa shape index (κ2) is 8.20. The minimum Gasteiger partial charge on any atom is -0.306 e. The second-order valence-corrected chi connectivity index (χ2v) is 7.15. The fourth-order valence-electron chi connectivity index (χ4n) is 3.50. The molecule has 0 unspecified atom stereocenters. The van der Waals surface area contributed by atoms with E-state index in [1.165, 1.54) is 5.56 Å². The molecule has 1 N–H and O–H groups in total. The van der Waals surface area contributed by atoms with Crippen molar-refractivity contribution in [1.29, 1.82) is 0 Å². The van der Waals surface area contributed by atoms with E-state index in [4.69, 9.17) is 5.10 Å². The predicted molar refractivity (Wildman–Crippen MR) is 122 cm³/mol. The Labute approximate surface area is 178 Å². The predicted octanol–water partition coefficient (Wildman–Crippen LogP) is 4.40. The fraction of sp³-hybridized carbons (Fsp3) is 0.0400. The SMILES string of the molecule is O=c1[nH]c(/C=C/c2nn(Cc3ccccc3)cc2-c2cccnc2)nc2ccccc12. The van der Waals surface area contributed by atoms with E-state index in [1.807, 2.05) is 71.7 Å². The highest BCUT2D eigenvalue weighted by Crippen LogP contribution is 2.24. The summed E-state index contributed by atoms with van der Waals surface area (Å²) in [5.74, 6) is 0.485. The first-order valence-electron chi connectivity index (χ1n) is 9.95. The molecule has 0 radical (unpaired) electrons. The molecule has 0 saturated heterocycles. The fourth-order valence-corrected chi connectivity index (χ4v) is 3.50. The number of hydrogen-bond acceptors (Lipinski definition) is 4. The third-order valence-electron chi connectivity index (χ3n) is 4.98.